The minimum atomic E-state index is 0.0446. The molecule has 2 aliphatic rings. The number of hydrogen-bond donors (Lipinski definition) is 1. The molecule has 0 bridgehead atoms. The second-order valence-corrected chi connectivity index (χ2v) is 7.13. The van der Waals surface area contributed by atoms with E-state index in [1.165, 1.54) is 5.56 Å². The van der Waals surface area contributed by atoms with Crippen LogP contribution in [0.3, 0.4) is 0 Å². The first-order valence-corrected chi connectivity index (χ1v) is 9.23. The van der Waals surface area contributed by atoms with Crippen molar-refractivity contribution in [2.75, 3.05) is 0 Å². The fourth-order valence-corrected chi connectivity index (χ4v) is 3.93. The monoisotopic (exact) mass is 336 g/mol. The number of nitrogens with zero attached hydrogens (tertiary/aromatic N) is 1. The van der Waals surface area contributed by atoms with Gasteiger partial charge in [-0.15, -0.1) is 0 Å². The van der Waals surface area contributed by atoms with Crippen LogP contribution in [-0.4, -0.2) is 23.0 Å². The minimum absolute atomic E-state index is 0.0446. The minimum Gasteiger partial charge on any atom is -0.490 e. The molecule has 4 heteroatoms. The third-order valence-electron chi connectivity index (χ3n) is 5.33. The van der Waals surface area contributed by atoms with Gasteiger partial charge in [0.2, 0.25) is 5.91 Å². The molecule has 25 heavy (non-hydrogen) atoms. The number of amides is 1. The molecule has 1 unspecified atom stereocenters. The van der Waals surface area contributed by atoms with E-state index >= 15 is 0 Å². The molecule has 1 saturated carbocycles. The summed E-state index contributed by atoms with van der Waals surface area (Å²) in [6.07, 6.45) is 7.62. The number of pyridine rings is 1. The Labute approximate surface area is 148 Å². The molecule has 4 rings (SSSR count). The van der Waals surface area contributed by atoms with E-state index in [9.17, 15) is 4.79 Å². The zero-order chi connectivity index (χ0) is 17.1. The van der Waals surface area contributed by atoms with Crippen molar-refractivity contribution < 1.29 is 9.53 Å². The van der Waals surface area contributed by atoms with Gasteiger partial charge in [0.05, 0.1) is 6.10 Å². The maximum Gasteiger partial charge on any atom is 0.224 e. The smallest absolute Gasteiger partial charge is 0.224 e. The molecular formula is C21H24N2O2. The summed E-state index contributed by atoms with van der Waals surface area (Å²) in [7, 11) is 0. The molecule has 2 aliphatic carbocycles. The topological polar surface area (TPSA) is 51.2 Å². The Bertz CT molecular complexity index is 699. The lowest BCUT2D eigenvalue weighted by Crippen LogP contribution is -2.42. The summed E-state index contributed by atoms with van der Waals surface area (Å²) in [4.78, 5) is 17.0. The van der Waals surface area contributed by atoms with Crippen LogP contribution in [0.5, 0.6) is 5.75 Å². The second-order valence-electron chi connectivity index (χ2n) is 7.13. The lowest BCUT2D eigenvalue weighted by Gasteiger charge is -2.30. The number of hydrogen-bond acceptors (Lipinski definition) is 3. The van der Waals surface area contributed by atoms with Crippen molar-refractivity contribution in [3.05, 3.63) is 59.9 Å². The van der Waals surface area contributed by atoms with Gasteiger partial charge < -0.3 is 10.1 Å². The maximum atomic E-state index is 12.6. The predicted octanol–water partition coefficient (Wildman–Crippen LogP) is 3.30. The van der Waals surface area contributed by atoms with Crippen LogP contribution in [0.1, 0.15) is 36.9 Å². The number of aromatic nitrogens is 1. The highest BCUT2D eigenvalue weighted by Gasteiger charge is 2.30. The largest absolute Gasteiger partial charge is 0.490 e. The Morgan fingerprint density at radius 3 is 2.56 bits per heavy atom. The first-order chi connectivity index (χ1) is 12.3. The summed E-state index contributed by atoms with van der Waals surface area (Å²) < 4.78 is 6.03. The highest BCUT2D eigenvalue weighted by Crippen LogP contribution is 2.27. The van der Waals surface area contributed by atoms with E-state index in [0.29, 0.717) is 0 Å². The third kappa shape index (κ3) is 3.84. The highest BCUT2D eigenvalue weighted by molar-refractivity contribution is 5.80. The van der Waals surface area contributed by atoms with E-state index in [-0.39, 0.29) is 24.0 Å². The van der Waals surface area contributed by atoms with Crippen LogP contribution in [0.15, 0.2) is 48.7 Å². The first-order valence-electron chi connectivity index (χ1n) is 9.23. The van der Waals surface area contributed by atoms with Gasteiger partial charge >= 0.3 is 0 Å². The van der Waals surface area contributed by atoms with Crippen LogP contribution in [-0.2, 0) is 17.6 Å². The standard InChI is InChI=1S/C21H24N2O2/c24-21(16-13-15-5-4-12-22-20(15)14-16)23-17-8-10-19(11-9-17)25-18-6-2-1-3-7-18/h1-7,12,16-17,19H,8-11,13-14H2,(H,23,24). The molecule has 130 valence electrons. The fraction of sp³-hybridized carbons (Fsp3) is 0.429. The van der Waals surface area contributed by atoms with Crippen LogP contribution in [0.2, 0.25) is 0 Å². The molecule has 1 amide bonds. The summed E-state index contributed by atoms with van der Waals surface area (Å²) in [5.74, 6) is 1.17. The van der Waals surface area contributed by atoms with Crippen LogP contribution < -0.4 is 10.1 Å². The summed E-state index contributed by atoms with van der Waals surface area (Å²) in [5, 5.41) is 3.26. The Morgan fingerprint density at radius 2 is 1.80 bits per heavy atom. The van der Waals surface area contributed by atoms with E-state index in [4.69, 9.17) is 4.74 Å². The number of ether oxygens (including phenoxy) is 1. The molecule has 1 N–H and O–H groups in total. The number of fused-ring (bicyclic) bond motifs is 1. The van der Waals surface area contributed by atoms with Gasteiger partial charge in [-0.3, -0.25) is 9.78 Å². The average molecular weight is 336 g/mol. The van der Waals surface area contributed by atoms with Crippen molar-refractivity contribution in [1.29, 1.82) is 0 Å². The van der Waals surface area contributed by atoms with Crippen molar-refractivity contribution in [3.8, 4) is 5.75 Å². The molecule has 1 aromatic heterocycles. The highest BCUT2D eigenvalue weighted by atomic mass is 16.5. The molecule has 0 radical (unpaired) electrons. The average Bonchev–Trinajstić information content (AvgIpc) is 3.09. The summed E-state index contributed by atoms with van der Waals surface area (Å²) in [6, 6.07) is 14.3. The predicted molar refractivity (Wildman–Crippen MR) is 96.4 cm³/mol. The molecule has 1 atom stereocenters. The first kappa shape index (κ1) is 16.1. The van der Waals surface area contributed by atoms with Gasteiger partial charge in [0, 0.05) is 30.3 Å². The zero-order valence-corrected chi connectivity index (χ0v) is 14.4. The van der Waals surface area contributed by atoms with Crippen LogP contribution in [0.4, 0.5) is 0 Å². The van der Waals surface area contributed by atoms with Crippen LogP contribution >= 0.6 is 0 Å². The van der Waals surface area contributed by atoms with Crippen molar-refractivity contribution in [3.63, 3.8) is 0 Å². The normalized spacial score (nSPS) is 25.2. The molecule has 4 nitrogen and oxygen atoms in total. The van der Waals surface area contributed by atoms with Gasteiger partial charge in [0.1, 0.15) is 5.75 Å². The molecule has 1 aromatic carbocycles. The van der Waals surface area contributed by atoms with Crippen LogP contribution in [0.25, 0.3) is 0 Å². The van der Waals surface area contributed by atoms with E-state index in [2.05, 4.69) is 16.4 Å². The number of benzene rings is 1. The van der Waals surface area contributed by atoms with E-state index < -0.39 is 0 Å². The molecule has 2 aromatic rings. The van der Waals surface area contributed by atoms with Gasteiger partial charge in [0.25, 0.3) is 0 Å². The Kier molecular flexibility index (Phi) is 4.68. The SMILES string of the molecule is O=C(NC1CCC(Oc2ccccc2)CC1)C1Cc2cccnc2C1. The Hall–Kier alpha value is -2.36. The summed E-state index contributed by atoms with van der Waals surface area (Å²) in [6.45, 7) is 0. The Morgan fingerprint density at radius 1 is 1.00 bits per heavy atom. The zero-order valence-electron chi connectivity index (χ0n) is 14.4. The maximum absolute atomic E-state index is 12.6. The summed E-state index contributed by atoms with van der Waals surface area (Å²) in [5.41, 5.74) is 2.31. The van der Waals surface area contributed by atoms with E-state index in [1.807, 2.05) is 42.6 Å². The molecule has 1 heterocycles. The van der Waals surface area contributed by atoms with Crippen molar-refractivity contribution in [2.24, 2.45) is 5.92 Å². The molecule has 0 aliphatic heterocycles. The quantitative estimate of drug-likeness (QED) is 0.932. The van der Waals surface area contributed by atoms with Gasteiger partial charge in [-0.25, -0.2) is 0 Å². The van der Waals surface area contributed by atoms with E-state index in [0.717, 1.165) is 50.0 Å². The third-order valence-corrected chi connectivity index (χ3v) is 5.33. The van der Waals surface area contributed by atoms with E-state index in [1.54, 1.807) is 0 Å². The number of carbonyl (C=O) groups excluding carboxylic acids is 1. The van der Waals surface area contributed by atoms with Crippen molar-refractivity contribution >= 4 is 5.91 Å². The summed E-state index contributed by atoms with van der Waals surface area (Å²) >= 11 is 0. The number of carbonyl (C=O) groups is 1. The Balaban J connectivity index is 1.24. The van der Waals surface area contributed by atoms with Crippen LogP contribution in [0, 0.1) is 5.92 Å². The van der Waals surface area contributed by atoms with Gasteiger partial charge in [-0.2, -0.15) is 0 Å². The lowest BCUT2D eigenvalue weighted by atomic mass is 9.92. The van der Waals surface area contributed by atoms with Gasteiger partial charge in [-0.05, 0) is 55.9 Å². The molecule has 0 saturated heterocycles. The van der Waals surface area contributed by atoms with Crippen molar-refractivity contribution in [1.82, 2.24) is 10.3 Å². The number of para-hydroxylation sites is 1. The lowest BCUT2D eigenvalue weighted by molar-refractivity contribution is -0.125. The molecule has 1 fully saturated rings. The van der Waals surface area contributed by atoms with Crippen molar-refractivity contribution in [2.45, 2.75) is 50.7 Å². The fourth-order valence-electron chi connectivity index (χ4n) is 3.93. The second kappa shape index (κ2) is 7.26. The number of nitrogens with one attached hydrogen (secondary N) is 1. The molecule has 0 spiro atoms. The van der Waals surface area contributed by atoms with Gasteiger partial charge in [0.15, 0.2) is 0 Å². The van der Waals surface area contributed by atoms with Gasteiger partial charge in [-0.1, -0.05) is 24.3 Å². The number of rotatable bonds is 4. The molecular weight excluding hydrogens is 312 g/mol.